The Morgan fingerprint density at radius 1 is 0.314 bits per heavy atom. The van der Waals surface area contributed by atoms with Gasteiger partial charge in [-0.15, -0.1) is 0 Å². The van der Waals surface area contributed by atoms with Crippen molar-refractivity contribution in [2.45, 2.75) is 0 Å². The topological polar surface area (TPSA) is 51.8 Å². The maximum Gasteiger partial charge on any atom is 0.164 e. The summed E-state index contributed by atoms with van der Waals surface area (Å²) in [5.41, 5.74) is 9.08. The van der Waals surface area contributed by atoms with Gasteiger partial charge in [-0.25, -0.2) is 15.0 Å². The van der Waals surface area contributed by atoms with Crippen LogP contribution in [-0.4, -0.2) is 15.0 Å². The Kier molecular flexibility index (Phi) is 6.78. The van der Waals surface area contributed by atoms with Crippen molar-refractivity contribution in [2.75, 3.05) is 0 Å². The van der Waals surface area contributed by atoms with Crippen molar-refractivity contribution in [2.24, 2.45) is 0 Å². The second-order valence-electron chi connectivity index (χ2n) is 12.8. The molecule has 238 valence electrons. The lowest BCUT2D eigenvalue weighted by Crippen LogP contribution is -2.00. The number of aromatic nitrogens is 3. The highest BCUT2D eigenvalue weighted by atomic mass is 16.3. The summed E-state index contributed by atoms with van der Waals surface area (Å²) in [4.78, 5) is 15.4. The summed E-state index contributed by atoms with van der Waals surface area (Å²) in [6.45, 7) is 0. The number of nitrogens with zero attached hydrogens (tertiary/aromatic N) is 3. The van der Waals surface area contributed by atoms with E-state index in [1.165, 1.54) is 10.8 Å². The number of rotatable bonds is 5. The molecule has 4 nitrogen and oxygen atoms in total. The van der Waals surface area contributed by atoms with Crippen molar-refractivity contribution < 1.29 is 4.42 Å². The van der Waals surface area contributed by atoms with Crippen LogP contribution in [0.4, 0.5) is 0 Å². The van der Waals surface area contributed by atoms with Gasteiger partial charge >= 0.3 is 0 Å². The lowest BCUT2D eigenvalue weighted by atomic mass is 9.95. The molecule has 0 N–H and O–H groups in total. The minimum absolute atomic E-state index is 0.621. The van der Waals surface area contributed by atoms with Crippen LogP contribution < -0.4 is 0 Å². The fourth-order valence-electron chi connectivity index (χ4n) is 7.20. The number of fused-ring (bicyclic) bond motifs is 5. The van der Waals surface area contributed by atoms with E-state index >= 15 is 0 Å². The van der Waals surface area contributed by atoms with E-state index in [-0.39, 0.29) is 0 Å². The summed E-state index contributed by atoms with van der Waals surface area (Å²) >= 11 is 0. The molecule has 51 heavy (non-hydrogen) atoms. The zero-order valence-corrected chi connectivity index (χ0v) is 27.5. The monoisotopic (exact) mass is 651 g/mol. The molecule has 8 aromatic carbocycles. The van der Waals surface area contributed by atoms with Crippen LogP contribution >= 0.6 is 0 Å². The molecule has 0 aliphatic rings. The van der Waals surface area contributed by atoms with Gasteiger partial charge in [0.2, 0.25) is 0 Å². The van der Waals surface area contributed by atoms with Crippen LogP contribution in [0.25, 0.3) is 99.9 Å². The summed E-state index contributed by atoms with van der Waals surface area (Å²) in [5.74, 6) is 1.88. The number of furan rings is 1. The predicted molar refractivity (Wildman–Crippen MR) is 209 cm³/mol. The maximum atomic E-state index is 6.18. The summed E-state index contributed by atoms with van der Waals surface area (Å²) in [6.07, 6.45) is 0. The molecule has 0 bridgehead atoms. The predicted octanol–water partition coefficient (Wildman–Crippen LogP) is 12.4. The minimum atomic E-state index is 0.621. The highest BCUT2D eigenvalue weighted by Crippen LogP contribution is 2.38. The van der Waals surface area contributed by atoms with Gasteiger partial charge in [0.25, 0.3) is 0 Å². The Hall–Kier alpha value is -6.91. The zero-order chi connectivity index (χ0) is 33.7. The van der Waals surface area contributed by atoms with Crippen molar-refractivity contribution in [1.29, 1.82) is 0 Å². The van der Waals surface area contributed by atoms with Crippen LogP contribution in [0.5, 0.6) is 0 Å². The van der Waals surface area contributed by atoms with E-state index in [0.29, 0.717) is 17.5 Å². The van der Waals surface area contributed by atoms with Crippen molar-refractivity contribution in [1.82, 2.24) is 15.0 Å². The average molecular weight is 652 g/mol. The molecule has 0 radical (unpaired) electrons. The first-order valence-electron chi connectivity index (χ1n) is 17.1. The first kappa shape index (κ1) is 29.0. The van der Waals surface area contributed by atoms with Gasteiger partial charge in [-0.1, -0.05) is 146 Å². The van der Waals surface area contributed by atoms with Gasteiger partial charge < -0.3 is 4.42 Å². The number of benzene rings is 8. The Morgan fingerprint density at radius 2 is 0.882 bits per heavy atom. The molecule has 0 aliphatic heterocycles. The van der Waals surface area contributed by atoms with Gasteiger partial charge in [-0.2, -0.15) is 0 Å². The largest absolute Gasteiger partial charge is 0.456 e. The van der Waals surface area contributed by atoms with Gasteiger partial charge in [0, 0.05) is 27.5 Å². The molecule has 4 heteroatoms. The van der Waals surface area contributed by atoms with Gasteiger partial charge in [-0.05, 0) is 74.1 Å². The first-order chi connectivity index (χ1) is 25.2. The second-order valence-corrected chi connectivity index (χ2v) is 12.8. The zero-order valence-electron chi connectivity index (χ0n) is 27.5. The first-order valence-corrected chi connectivity index (χ1v) is 17.1. The second kappa shape index (κ2) is 11.9. The molecule has 10 aromatic rings. The molecule has 0 atom stereocenters. The standard InChI is InChI=1S/C47H29N3O/c1-2-12-31(13-3-1)41-29-37(28-35-15-6-7-16-38(35)41)47-49-45(48-46(50-47)36-26-21-30-11-4-5-14-34(30)27-36)33-24-22-32(23-25-33)39-18-10-20-43-44(39)40-17-8-9-19-42(40)51-43/h1-29H. The van der Waals surface area contributed by atoms with Crippen LogP contribution in [0, 0.1) is 0 Å². The molecule has 2 aromatic heterocycles. The normalized spacial score (nSPS) is 11.5. The smallest absolute Gasteiger partial charge is 0.164 e. The van der Waals surface area contributed by atoms with Crippen molar-refractivity contribution in [3.63, 3.8) is 0 Å². The molecule has 0 saturated heterocycles. The molecule has 0 aliphatic carbocycles. The molecule has 0 amide bonds. The Bertz CT molecular complexity index is 2910. The van der Waals surface area contributed by atoms with Crippen LogP contribution in [-0.2, 0) is 0 Å². The maximum absolute atomic E-state index is 6.18. The molecule has 0 fully saturated rings. The summed E-state index contributed by atoms with van der Waals surface area (Å²) in [7, 11) is 0. The van der Waals surface area contributed by atoms with Crippen LogP contribution in [0.3, 0.4) is 0 Å². The highest BCUT2D eigenvalue weighted by molar-refractivity contribution is 6.12. The van der Waals surface area contributed by atoms with Crippen molar-refractivity contribution in [3.8, 4) is 56.4 Å². The van der Waals surface area contributed by atoms with Gasteiger partial charge in [-0.3, -0.25) is 0 Å². The summed E-state index contributed by atoms with van der Waals surface area (Å²) in [5, 5.41) is 6.86. The van der Waals surface area contributed by atoms with Gasteiger partial charge in [0.15, 0.2) is 17.5 Å². The van der Waals surface area contributed by atoms with E-state index in [9.17, 15) is 0 Å². The molecule has 10 rings (SSSR count). The molecular formula is C47H29N3O. The third-order valence-electron chi connectivity index (χ3n) is 9.70. The van der Waals surface area contributed by atoms with E-state index in [1.54, 1.807) is 0 Å². The van der Waals surface area contributed by atoms with E-state index in [1.807, 2.05) is 24.3 Å². The van der Waals surface area contributed by atoms with E-state index in [0.717, 1.165) is 71.7 Å². The SMILES string of the molecule is c1ccc(-c2cc(-c3nc(-c4ccc(-c5cccc6oc7ccccc7c56)cc4)nc(-c4ccc5ccccc5c4)n3)cc3ccccc23)cc1. The third-order valence-corrected chi connectivity index (χ3v) is 9.70. The van der Waals surface area contributed by atoms with Crippen LogP contribution in [0.2, 0.25) is 0 Å². The van der Waals surface area contributed by atoms with Crippen molar-refractivity contribution >= 4 is 43.5 Å². The Labute approximate surface area is 294 Å². The Morgan fingerprint density at radius 3 is 1.71 bits per heavy atom. The number of hydrogen-bond acceptors (Lipinski definition) is 4. The molecule has 2 heterocycles. The highest BCUT2D eigenvalue weighted by Gasteiger charge is 2.17. The molecule has 0 spiro atoms. The minimum Gasteiger partial charge on any atom is -0.456 e. The molecule has 0 unspecified atom stereocenters. The average Bonchev–Trinajstić information content (AvgIpc) is 3.59. The lowest BCUT2D eigenvalue weighted by molar-refractivity contribution is 0.669. The third kappa shape index (κ3) is 5.13. The van der Waals surface area contributed by atoms with Crippen LogP contribution in [0.1, 0.15) is 0 Å². The van der Waals surface area contributed by atoms with Gasteiger partial charge in [0.1, 0.15) is 11.2 Å². The van der Waals surface area contributed by atoms with Gasteiger partial charge in [0.05, 0.1) is 0 Å². The van der Waals surface area contributed by atoms with Crippen molar-refractivity contribution in [3.05, 3.63) is 176 Å². The Balaban J connectivity index is 1.14. The lowest BCUT2D eigenvalue weighted by Gasteiger charge is -2.13. The quantitative estimate of drug-likeness (QED) is 0.186. The number of hydrogen-bond donors (Lipinski definition) is 0. The number of para-hydroxylation sites is 1. The van der Waals surface area contributed by atoms with E-state index in [2.05, 4.69) is 152 Å². The molecular weight excluding hydrogens is 623 g/mol. The van der Waals surface area contributed by atoms with E-state index in [4.69, 9.17) is 19.4 Å². The summed E-state index contributed by atoms with van der Waals surface area (Å²) in [6, 6.07) is 61.1. The molecule has 0 saturated carbocycles. The van der Waals surface area contributed by atoms with Crippen LogP contribution in [0.15, 0.2) is 180 Å². The fraction of sp³-hybridized carbons (Fsp3) is 0. The fourth-order valence-corrected chi connectivity index (χ4v) is 7.20. The van der Waals surface area contributed by atoms with E-state index < -0.39 is 0 Å². The summed E-state index contributed by atoms with van der Waals surface area (Å²) < 4.78 is 6.18.